The third kappa shape index (κ3) is 2.38. The van der Waals surface area contributed by atoms with Crippen molar-refractivity contribution in [2.24, 2.45) is 0 Å². The third-order valence-corrected chi connectivity index (χ3v) is 6.15. The second kappa shape index (κ2) is 6.14. The van der Waals surface area contributed by atoms with Crippen LogP contribution >= 0.6 is 0 Å². The summed E-state index contributed by atoms with van der Waals surface area (Å²) in [5, 5.41) is 10.9. The van der Waals surface area contributed by atoms with Crippen LogP contribution in [0, 0.1) is 0 Å². The van der Waals surface area contributed by atoms with Crippen molar-refractivity contribution >= 4 is 0 Å². The predicted molar refractivity (Wildman–Crippen MR) is 108 cm³/mol. The Labute approximate surface area is 159 Å². The first-order valence-corrected chi connectivity index (χ1v) is 9.49. The Balaban J connectivity index is 1.80. The van der Waals surface area contributed by atoms with E-state index in [0.29, 0.717) is 11.8 Å². The van der Waals surface area contributed by atoms with Crippen molar-refractivity contribution in [2.75, 3.05) is 20.7 Å². The molecule has 0 fully saturated rings. The van der Waals surface area contributed by atoms with Crippen molar-refractivity contribution in [3.63, 3.8) is 0 Å². The standard InChI is InChI=1S/C24H23NO2/c1-25-13-12-18-17(15-6-4-3-5-7-15)9-10-19-22-16(14-20(25)23(18)19)8-11-21(27-2)24(22)26/h3-11,20,26H,12-14H2,1-2H3/t20-/m1/s1. The van der Waals surface area contributed by atoms with Gasteiger partial charge in [0.15, 0.2) is 11.5 Å². The van der Waals surface area contributed by atoms with Crippen LogP contribution in [0.4, 0.5) is 0 Å². The molecule has 0 unspecified atom stereocenters. The maximum Gasteiger partial charge on any atom is 0.165 e. The van der Waals surface area contributed by atoms with Gasteiger partial charge in [-0.2, -0.15) is 0 Å². The van der Waals surface area contributed by atoms with E-state index in [1.807, 2.05) is 6.07 Å². The molecule has 1 heterocycles. The van der Waals surface area contributed by atoms with Crippen LogP contribution in [0.25, 0.3) is 22.3 Å². The van der Waals surface area contributed by atoms with E-state index in [9.17, 15) is 5.11 Å². The van der Waals surface area contributed by atoms with Crippen LogP contribution in [0.3, 0.4) is 0 Å². The van der Waals surface area contributed by atoms with Gasteiger partial charge in [-0.25, -0.2) is 0 Å². The summed E-state index contributed by atoms with van der Waals surface area (Å²) in [7, 11) is 3.82. The molecule has 0 saturated heterocycles. The number of likely N-dealkylation sites (N-methyl/N-ethyl adjacent to an activating group) is 1. The minimum atomic E-state index is 0.260. The fraction of sp³-hybridized carbons (Fsp3) is 0.250. The molecule has 1 aliphatic carbocycles. The first-order chi connectivity index (χ1) is 13.2. The van der Waals surface area contributed by atoms with Gasteiger partial charge in [0.05, 0.1) is 7.11 Å². The summed E-state index contributed by atoms with van der Waals surface area (Å²) >= 11 is 0. The Hall–Kier alpha value is -2.78. The predicted octanol–water partition coefficient (Wildman–Crippen LogP) is 4.82. The molecule has 0 bridgehead atoms. The molecule has 0 radical (unpaired) electrons. The normalized spacial score (nSPS) is 17.9. The van der Waals surface area contributed by atoms with Gasteiger partial charge < -0.3 is 9.84 Å². The van der Waals surface area contributed by atoms with Crippen LogP contribution < -0.4 is 4.74 Å². The zero-order valence-corrected chi connectivity index (χ0v) is 15.7. The molecule has 1 N–H and O–H groups in total. The van der Waals surface area contributed by atoms with Gasteiger partial charge in [0.25, 0.3) is 0 Å². The van der Waals surface area contributed by atoms with Crippen molar-refractivity contribution in [3.8, 4) is 33.8 Å². The molecule has 3 aromatic carbocycles. The van der Waals surface area contributed by atoms with Crippen molar-refractivity contribution < 1.29 is 9.84 Å². The molecular formula is C24H23NO2. The molecule has 1 atom stereocenters. The molecular weight excluding hydrogens is 334 g/mol. The summed E-state index contributed by atoms with van der Waals surface area (Å²) < 4.78 is 5.38. The molecule has 3 aromatic rings. The highest BCUT2D eigenvalue weighted by Crippen LogP contribution is 2.51. The molecule has 27 heavy (non-hydrogen) atoms. The zero-order chi connectivity index (χ0) is 18.5. The molecule has 5 rings (SSSR count). The van der Waals surface area contributed by atoms with E-state index in [-0.39, 0.29) is 5.75 Å². The smallest absolute Gasteiger partial charge is 0.165 e. The molecule has 0 saturated carbocycles. The minimum Gasteiger partial charge on any atom is -0.504 e. The Kier molecular flexibility index (Phi) is 3.73. The number of hydrogen-bond donors (Lipinski definition) is 1. The van der Waals surface area contributed by atoms with Gasteiger partial charge in [0, 0.05) is 18.2 Å². The van der Waals surface area contributed by atoms with E-state index in [0.717, 1.165) is 30.5 Å². The van der Waals surface area contributed by atoms with Gasteiger partial charge in [-0.3, -0.25) is 4.90 Å². The number of fused-ring (bicyclic) bond motifs is 2. The lowest BCUT2D eigenvalue weighted by molar-refractivity contribution is 0.228. The highest BCUT2D eigenvalue weighted by atomic mass is 16.5. The number of methoxy groups -OCH3 is 1. The van der Waals surface area contributed by atoms with Crippen molar-refractivity contribution in [1.29, 1.82) is 0 Å². The van der Waals surface area contributed by atoms with Gasteiger partial charge in [-0.15, -0.1) is 0 Å². The maximum absolute atomic E-state index is 10.9. The Morgan fingerprint density at radius 1 is 1.00 bits per heavy atom. The fourth-order valence-electron chi connectivity index (χ4n) is 4.80. The molecule has 136 valence electrons. The highest BCUT2D eigenvalue weighted by molar-refractivity contribution is 5.85. The van der Waals surface area contributed by atoms with E-state index in [1.165, 1.54) is 27.8 Å². The number of ether oxygens (including phenoxy) is 1. The number of aromatic hydroxyl groups is 1. The average molecular weight is 357 g/mol. The maximum atomic E-state index is 10.9. The van der Waals surface area contributed by atoms with Crippen LogP contribution in [0.15, 0.2) is 54.6 Å². The van der Waals surface area contributed by atoms with Crippen LogP contribution in [0.5, 0.6) is 11.5 Å². The van der Waals surface area contributed by atoms with Crippen LogP contribution in [0.2, 0.25) is 0 Å². The Morgan fingerprint density at radius 2 is 1.78 bits per heavy atom. The molecule has 1 aliphatic heterocycles. The van der Waals surface area contributed by atoms with Crippen LogP contribution in [-0.2, 0) is 12.8 Å². The number of phenols is 1. The van der Waals surface area contributed by atoms with E-state index in [2.05, 4.69) is 60.5 Å². The van der Waals surface area contributed by atoms with E-state index >= 15 is 0 Å². The van der Waals surface area contributed by atoms with Gasteiger partial charge >= 0.3 is 0 Å². The largest absolute Gasteiger partial charge is 0.504 e. The second-order valence-corrected chi connectivity index (χ2v) is 7.52. The summed E-state index contributed by atoms with van der Waals surface area (Å²) in [5.41, 5.74) is 8.67. The lowest BCUT2D eigenvalue weighted by Gasteiger charge is -2.40. The molecule has 3 heteroatoms. The topological polar surface area (TPSA) is 32.7 Å². The molecule has 0 amide bonds. The lowest BCUT2D eigenvalue weighted by Crippen LogP contribution is -2.35. The minimum absolute atomic E-state index is 0.260. The van der Waals surface area contributed by atoms with Gasteiger partial charge in [0.1, 0.15) is 0 Å². The summed E-state index contributed by atoms with van der Waals surface area (Å²) in [4.78, 5) is 2.45. The fourth-order valence-corrected chi connectivity index (χ4v) is 4.80. The molecule has 2 aliphatic rings. The van der Waals surface area contributed by atoms with Crippen molar-refractivity contribution in [2.45, 2.75) is 18.9 Å². The van der Waals surface area contributed by atoms with Crippen molar-refractivity contribution in [1.82, 2.24) is 4.90 Å². The zero-order valence-electron chi connectivity index (χ0n) is 15.7. The highest BCUT2D eigenvalue weighted by Gasteiger charge is 2.35. The van der Waals surface area contributed by atoms with Crippen LogP contribution in [0.1, 0.15) is 22.7 Å². The summed E-state index contributed by atoms with van der Waals surface area (Å²) in [6.07, 6.45) is 1.95. The third-order valence-electron chi connectivity index (χ3n) is 6.15. The van der Waals surface area contributed by atoms with E-state index in [4.69, 9.17) is 4.74 Å². The SMILES string of the molecule is COc1ccc2c(c1O)-c1ccc(-c3ccccc3)c3c1[C@@H](C2)N(C)CC3. The quantitative estimate of drug-likeness (QED) is 0.714. The Bertz CT molecular complexity index is 1030. The molecule has 3 nitrogen and oxygen atoms in total. The second-order valence-electron chi connectivity index (χ2n) is 7.52. The molecule has 0 spiro atoms. The number of nitrogens with zero attached hydrogens (tertiary/aromatic N) is 1. The van der Waals surface area contributed by atoms with Gasteiger partial charge in [-0.1, -0.05) is 48.5 Å². The van der Waals surface area contributed by atoms with Gasteiger partial charge in [-0.05, 0) is 59.3 Å². The molecule has 0 aromatic heterocycles. The Morgan fingerprint density at radius 3 is 2.56 bits per heavy atom. The number of rotatable bonds is 2. The van der Waals surface area contributed by atoms with Crippen molar-refractivity contribution in [3.05, 3.63) is 71.3 Å². The summed E-state index contributed by atoms with van der Waals surface area (Å²) in [6, 6.07) is 19.4. The van der Waals surface area contributed by atoms with E-state index < -0.39 is 0 Å². The lowest BCUT2D eigenvalue weighted by atomic mass is 9.75. The van der Waals surface area contributed by atoms with Gasteiger partial charge in [0.2, 0.25) is 0 Å². The number of benzene rings is 3. The summed E-state index contributed by atoms with van der Waals surface area (Å²) in [6.45, 7) is 1.05. The number of phenolic OH excluding ortho intramolecular Hbond substituents is 1. The number of hydrogen-bond acceptors (Lipinski definition) is 3. The van der Waals surface area contributed by atoms with Crippen LogP contribution in [-0.4, -0.2) is 30.7 Å². The van der Waals surface area contributed by atoms with E-state index in [1.54, 1.807) is 7.11 Å². The first kappa shape index (κ1) is 16.4. The average Bonchev–Trinajstić information content (AvgIpc) is 2.71. The monoisotopic (exact) mass is 357 g/mol. The first-order valence-electron chi connectivity index (χ1n) is 9.49. The summed E-state index contributed by atoms with van der Waals surface area (Å²) in [5.74, 6) is 0.800.